The molecule has 0 amide bonds. The summed E-state index contributed by atoms with van der Waals surface area (Å²) in [6, 6.07) is 13.3. The number of aromatic nitrogens is 2. The van der Waals surface area contributed by atoms with Crippen molar-refractivity contribution in [2.45, 2.75) is 32.4 Å². The quantitative estimate of drug-likeness (QED) is 0.549. The predicted octanol–water partition coefficient (Wildman–Crippen LogP) is 4.77. The van der Waals surface area contributed by atoms with Gasteiger partial charge in [-0.05, 0) is 55.2 Å². The number of likely N-dealkylation sites (tertiary alicyclic amines) is 1. The number of ether oxygens (including phenoxy) is 2. The summed E-state index contributed by atoms with van der Waals surface area (Å²) in [4.78, 5) is 11.4. The minimum atomic E-state index is -0.309. The van der Waals surface area contributed by atoms with Crippen LogP contribution in [0.4, 0.5) is 10.3 Å². The number of hydrogen-bond donors (Lipinski definition) is 1. The van der Waals surface area contributed by atoms with E-state index in [9.17, 15) is 4.39 Å². The average Bonchev–Trinajstić information content (AvgIpc) is 2.83. The lowest BCUT2D eigenvalue weighted by atomic mass is 10.0. The van der Waals surface area contributed by atoms with Crippen LogP contribution in [0.1, 0.15) is 25.3 Å². The first-order valence-corrected chi connectivity index (χ1v) is 11.0. The number of nitrogens with one attached hydrogen (secondary N) is 1. The Hall–Kier alpha value is -3.19. The molecule has 1 aliphatic rings. The number of benzene rings is 2. The summed E-state index contributed by atoms with van der Waals surface area (Å²) < 4.78 is 24.4. The van der Waals surface area contributed by atoms with Gasteiger partial charge in [0.25, 0.3) is 0 Å². The first-order chi connectivity index (χ1) is 15.6. The van der Waals surface area contributed by atoms with Crippen LogP contribution in [0.15, 0.2) is 54.9 Å². The number of anilines is 1. The topological polar surface area (TPSA) is 59.5 Å². The third-order valence-corrected chi connectivity index (χ3v) is 5.70. The number of nitrogens with zero attached hydrogens (tertiary/aromatic N) is 3. The number of halogens is 1. The lowest BCUT2D eigenvalue weighted by molar-refractivity contribution is 0.210. The van der Waals surface area contributed by atoms with Gasteiger partial charge in [0, 0.05) is 43.6 Å². The van der Waals surface area contributed by atoms with Gasteiger partial charge in [-0.3, -0.25) is 4.90 Å². The summed E-state index contributed by atoms with van der Waals surface area (Å²) in [5, 5.41) is 3.46. The molecule has 2 heterocycles. The van der Waals surface area contributed by atoms with E-state index in [0.717, 1.165) is 54.9 Å². The van der Waals surface area contributed by atoms with E-state index < -0.39 is 0 Å². The van der Waals surface area contributed by atoms with Crippen LogP contribution >= 0.6 is 0 Å². The van der Waals surface area contributed by atoms with E-state index in [-0.39, 0.29) is 5.82 Å². The predicted molar refractivity (Wildman–Crippen MR) is 124 cm³/mol. The monoisotopic (exact) mass is 436 g/mol. The van der Waals surface area contributed by atoms with Crippen LogP contribution < -0.4 is 14.8 Å². The highest BCUT2D eigenvalue weighted by Gasteiger charge is 2.20. The van der Waals surface area contributed by atoms with E-state index in [1.807, 2.05) is 49.6 Å². The Morgan fingerprint density at radius 1 is 1.03 bits per heavy atom. The molecule has 0 atom stereocenters. The molecule has 32 heavy (non-hydrogen) atoms. The fourth-order valence-corrected chi connectivity index (χ4v) is 3.92. The molecule has 3 aromatic rings. The fraction of sp³-hybridized carbons (Fsp3) is 0.360. The Kier molecular flexibility index (Phi) is 7.17. The Balaban J connectivity index is 1.28. The normalized spacial score (nSPS) is 14.8. The second-order valence-electron chi connectivity index (χ2n) is 7.92. The summed E-state index contributed by atoms with van der Waals surface area (Å²) in [5.41, 5.74) is 3.09. The van der Waals surface area contributed by atoms with Crippen molar-refractivity contribution in [3.8, 4) is 22.6 Å². The molecule has 168 valence electrons. The molecule has 1 fully saturated rings. The van der Waals surface area contributed by atoms with E-state index in [1.54, 1.807) is 13.2 Å². The number of methoxy groups -OCH3 is 1. The molecule has 7 heteroatoms. The summed E-state index contributed by atoms with van der Waals surface area (Å²) in [6.45, 7) is 5.03. The second-order valence-corrected chi connectivity index (χ2v) is 7.92. The molecule has 0 radical (unpaired) electrons. The van der Waals surface area contributed by atoms with Crippen LogP contribution in [-0.4, -0.2) is 47.7 Å². The van der Waals surface area contributed by atoms with Crippen LogP contribution in [0.5, 0.6) is 11.5 Å². The van der Waals surface area contributed by atoms with Crippen LogP contribution in [-0.2, 0) is 6.54 Å². The lowest BCUT2D eigenvalue weighted by Gasteiger charge is -2.32. The van der Waals surface area contributed by atoms with Crippen LogP contribution in [0, 0.1) is 5.82 Å². The molecule has 0 aliphatic carbocycles. The van der Waals surface area contributed by atoms with E-state index in [0.29, 0.717) is 24.3 Å². The standard InChI is InChI=1S/C25H29FN4O2/c1-3-32-24-14-18(4-9-23(24)26)17-30-12-10-21(11-13-30)29-25-27-15-20(16-28-25)19-5-7-22(31-2)8-6-19/h4-9,14-16,21H,3,10-13,17H2,1-2H3,(H,27,28,29). The van der Waals surface area contributed by atoms with Gasteiger partial charge in [0.2, 0.25) is 5.95 Å². The molecule has 0 bridgehead atoms. The summed E-state index contributed by atoms with van der Waals surface area (Å²) in [6.07, 6.45) is 5.69. The smallest absolute Gasteiger partial charge is 0.222 e. The largest absolute Gasteiger partial charge is 0.497 e. The highest BCUT2D eigenvalue weighted by atomic mass is 19.1. The van der Waals surface area contributed by atoms with Gasteiger partial charge in [0.05, 0.1) is 13.7 Å². The third kappa shape index (κ3) is 5.53. The van der Waals surface area contributed by atoms with E-state index in [1.165, 1.54) is 6.07 Å². The Morgan fingerprint density at radius 3 is 2.41 bits per heavy atom. The van der Waals surface area contributed by atoms with Gasteiger partial charge in [-0.2, -0.15) is 0 Å². The number of rotatable bonds is 8. The highest BCUT2D eigenvalue weighted by Crippen LogP contribution is 2.23. The Labute approximate surface area is 188 Å². The first-order valence-electron chi connectivity index (χ1n) is 11.0. The first kappa shape index (κ1) is 22.0. The molecule has 1 saturated heterocycles. The molecule has 4 rings (SSSR count). The molecule has 1 N–H and O–H groups in total. The Bertz CT molecular complexity index is 1000. The van der Waals surface area contributed by atoms with E-state index in [4.69, 9.17) is 9.47 Å². The molecular formula is C25H29FN4O2. The maximum absolute atomic E-state index is 13.8. The van der Waals surface area contributed by atoms with Gasteiger partial charge in [-0.1, -0.05) is 18.2 Å². The van der Waals surface area contributed by atoms with E-state index in [2.05, 4.69) is 20.2 Å². The molecule has 0 saturated carbocycles. The van der Waals surface area contributed by atoms with Crippen LogP contribution in [0.3, 0.4) is 0 Å². The van der Waals surface area contributed by atoms with Crippen molar-refractivity contribution in [2.75, 3.05) is 32.1 Å². The number of hydrogen-bond acceptors (Lipinski definition) is 6. The van der Waals surface area contributed by atoms with Crippen molar-refractivity contribution in [2.24, 2.45) is 0 Å². The zero-order valence-electron chi connectivity index (χ0n) is 18.6. The minimum absolute atomic E-state index is 0.309. The van der Waals surface area contributed by atoms with Gasteiger partial charge < -0.3 is 14.8 Å². The summed E-state index contributed by atoms with van der Waals surface area (Å²) in [7, 11) is 1.66. The average molecular weight is 437 g/mol. The molecular weight excluding hydrogens is 407 g/mol. The van der Waals surface area contributed by atoms with Crippen molar-refractivity contribution in [1.29, 1.82) is 0 Å². The fourth-order valence-electron chi connectivity index (χ4n) is 3.92. The zero-order valence-corrected chi connectivity index (χ0v) is 18.6. The number of piperidine rings is 1. The highest BCUT2D eigenvalue weighted by molar-refractivity contribution is 5.62. The molecule has 0 spiro atoms. The van der Waals surface area contributed by atoms with Gasteiger partial charge in [-0.25, -0.2) is 14.4 Å². The van der Waals surface area contributed by atoms with Crippen molar-refractivity contribution in [3.05, 3.63) is 66.2 Å². The molecule has 2 aromatic carbocycles. The zero-order chi connectivity index (χ0) is 22.3. The van der Waals surface area contributed by atoms with Gasteiger partial charge >= 0.3 is 0 Å². The second kappa shape index (κ2) is 10.4. The molecule has 1 aliphatic heterocycles. The van der Waals surface area contributed by atoms with E-state index >= 15 is 0 Å². The van der Waals surface area contributed by atoms with Crippen molar-refractivity contribution < 1.29 is 13.9 Å². The molecule has 0 unspecified atom stereocenters. The van der Waals surface area contributed by atoms with Gasteiger partial charge in [0.1, 0.15) is 5.75 Å². The SMILES string of the molecule is CCOc1cc(CN2CCC(Nc3ncc(-c4ccc(OC)cc4)cn3)CC2)ccc1F. The van der Waals surface area contributed by atoms with Crippen molar-refractivity contribution >= 4 is 5.95 Å². The third-order valence-electron chi connectivity index (χ3n) is 5.70. The van der Waals surface area contributed by atoms with Crippen molar-refractivity contribution in [3.63, 3.8) is 0 Å². The lowest BCUT2D eigenvalue weighted by Crippen LogP contribution is -2.38. The van der Waals surface area contributed by atoms with Crippen molar-refractivity contribution in [1.82, 2.24) is 14.9 Å². The minimum Gasteiger partial charge on any atom is -0.497 e. The van der Waals surface area contributed by atoms with Crippen LogP contribution in [0.25, 0.3) is 11.1 Å². The van der Waals surface area contributed by atoms with Gasteiger partial charge in [0.15, 0.2) is 11.6 Å². The molecule has 1 aromatic heterocycles. The molecule has 6 nitrogen and oxygen atoms in total. The summed E-state index contributed by atoms with van der Waals surface area (Å²) >= 11 is 0. The van der Waals surface area contributed by atoms with Gasteiger partial charge in [-0.15, -0.1) is 0 Å². The maximum Gasteiger partial charge on any atom is 0.222 e. The summed E-state index contributed by atoms with van der Waals surface area (Å²) in [5.74, 6) is 1.50. The Morgan fingerprint density at radius 2 is 1.75 bits per heavy atom. The van der Waals surface area contributed by atoms with Crippen LogP contribution in [0.2, 0.25) is 0 Å². The maximum atomic E-state index is 13.8.